The van der Waals surface area contributed by atoms with Crippen molar-refractivity contribution in [1.29, 1.82) is 0 Å². The molecule has 0 saturated carbocycles. The number of nitrogens with zero attached hydrogens (tertiary/aromatic N) is 4. The summed E-state index contributed by atoms with van der Waals surface area (Å²) in [6.07, 6.45) is 5.09. The second kappa shape index (κ2) is 6.12. The predicted octanol–water partition coefficient (Wildman–Crippen LogP) is -0.541. The van der Waals surface area contributed by atoms with Gasteiger partial charge in [-0.25, -0.2) is 0 Å². The summed E-state index contributed by atoms with van der Waals surface area (Å²) in [4.78, 5) is 3.90. The molecule has 0 amide bonds. The van der Waals surface area contributed by atoms with Crippen LogP contribution in [0.15, 0.2) is 29.3 Å². The zero-order valence-electron chi connectivity index (χ0n) is 9.36. The van der Waals surface area contributed by atoms with Crippen molar-refractivity contribution in [2.24, 2.45) is 0 Å². The lowest BCUT2D eigenvalue weighted by molar-refractivity contribution is 0.147. The topological polar surface area (TPSA) is 89.0 Å². The molecule has 0 aliphatic rings. The van der Waals surface area contributed by atoms with Crippen LogP contribution in [0.3, 0.4) is 0 Å². The van der Waals surface area contributed by atoms with Crippen LogP contribution in [0.2, 0.25) is 0 Å². The first-order chi connectivity index (χ1) is 8.34. The molecule has 7 heteroatoms. The average Bonchev–Trinajstić information content (AvgIpc) is 2.96. The van der Waals surface area contributed by atoms with Crippen LogP contribution >= 0.6 is 0 Å². The third-order valence-electron chi connectivity index (χ3n) is 2.26. The largest absolute Gasteiger partial charge is 0.390 e. The lowest BCUT2D eigenvalue weighted by Gasteiger charge is -2.11. The summed E-state index contributed by atoms with van der Waals surface area (Å²) in [6, 6.07) is 1.83. The molecule has 0 aliphatic heterocycles. The Kier molecular flexibility index (Phi) is 4.23. The summed E-state index contributed by atoms with van der Waals surface area (Å²) in [5.74, 6) is 0.596. The van der Waals surface area contributed by atoms with E-state index >= 15 is 0 Å². The standard InChI is InChI=1S/C10H15N5O2/c16-9(7-15-5-1-3-13-15)6-11-4-2-10-12-8-14-17-10/h1,3,5,8-9,11,16H,2,4,6-7H2. The highest BCUT2D eigenvalue weighted by atomic mass is 16.5. The van der Waals surface area contributed by atoms with E-state index in [4.69, 9.17) is 4.52 Å². The van der Waals surface area contributed by atoms with Crippen molar-refractivity contribution in [3.8, 4) is 0 Å². The summed E-state index contributed by atoms with van der Waals surface area (Å²) in [5, 5.41) is 20.4. The lowest BCUT2D eigenvalue weighted by Crippen LogP contribution is -2.31. The predicted molar refractivity (Wildman–Crippen MR) is 59.1 cm³/mol. The molecule has 2 aromatic rings. The molecule has 2 aromatic heterocycles. The molecule has 2 heterocycles. The Labute approximate surface area is 98.4 Å². The van der Waals surface area contributed by atoms with Crippen LogP contribution in [0.25, 0.3) is 0 Å². The van der Waals surface area contributed by atoms with E-state index in [0.29, 0.717) is 31.9 Å². The molecule has 0 saturated heterocycles. The third kappa shape index (κ3) is 3.97. The highest BCUT2D eigenvalue weighted by Gasteiger charge is 2.05. The van der Waals surface area contributed by atoms with Gasteiger partial charge < -0.3 is 14.9 Å². The number of aromatic nitrogens is 4. The van der Waals surface area contributed by atoms with Gasteiger partial charge in [0.2, 0.25) is 5.89 Å². The van der Waals surface area contributed by atoms with Gasteiger partial charge in [-0.15, -0.1) is 0 Å². The highest BCUT2D eigenvalue weighted by molar-refractivity contribution is 4.79. The van der Waals surface area contributed by atoms with Gasteiger partial charge >= 0.3 is 0 Å². The van der Waals surface area contributed by atoms with Crippen LogP contribution < -0.4 is 5.32 Å². The van der Waals surface area contributed by atoms with Crippen molar-refractivity contribution in [2.75, 3.05) is 13.1 Å². The SMILES string of the molecule is OC(CNCCc1ncno1)Cn1cccn1. The van der Waals surface area contributed by atoms with Gasteiger partial charge in [-0.05, 0) is 6.07 Å². The van der Waals surface area contributed by atoms with Crippen molar-refractivity contribution >= 4 is 0 Å². The van der Waals surface area contributed by atoms with Crippen molar-refractivity contribution in [1.82, 2.24) is 25.2 Å². The lowest BCUT2D eigenvalue weighted by atomic mass is 10.3. The number of hydrogen-bond donors (Lipinski definition) is 2. The smallest absolute Gasteiger partial charge is 0.227 e. The summed E-state index contributed by atoms with van der Waals surface area (Å²) >= 11 is 0. The molecule has 1 unspecified atom stereocenters. The van der Waals surface area contributed by atoms with E-state index in [1.165, 1.54) is 6.33 Å². The van der Waals surface area contributed by atoms with Crippen LogP contribution in [0.4, 0.5) is 0 Å². The normalized spacial score (nSPS) is 12.8. The molecule has 0 aliphatic carbocycles. The number of rotatable bonds is 7. The van der Waals surface area contributed by atoms with Crippen LogP contribution in [-0.2, 0) is 13.0 Å². The average molecular weight is 237 g/mol. The molecule has 17 heavy (non-hydrogen) atoms. The molecule has 92 valence electrons. The Morgan fingerprint density at radius 2 is 2.47 bits per heavy atom. The first-order valence-electron chi connectivity index (χ1n) is 5.46. The van der Waals surface area contributed by atoms with Crippen molar-refractivity contribution in [3.05, 3.63) is 30.7 Å². The molecule has 1 atom stereocenters. The number of aliphatic hydroxyl groups is 1. The van der Waals surface area contributed by atoms with E-state index in [2.05, 4.69) is 20.6 Å². The van der Waals surface area contributed by atoms with Gasteiger partial charge in [0.25, 0.3) is 0 Å². The Morgan fingerprint density at radius 1 is 1.53 bits per heavy atom. The van der Waals surface area contributed by atoms with Gasteiger partial charge in [-0.3, -0.25) is 4.68 Å². The van der Waals surface area contributed by atoms with Crippen LogP contribution in [0.5, 0.6) is 0 Å². The molecule has 0 aromatic carbocycles. The molecular weight excluding hydrogens is 222 g/mol. The monoisotopic (exact) mass is 237 g/mol. The van der Waals surface area contributed by atoms with E-state index in [1.54, 1.807) is 10.9 Å². The van der Waals surface area contributed by atoms with Gasteiger partial charge in [0.05, 0.1) is 12.6 Å². The van der Waals surface area contributed by atoms with Crippen molar-refractivity contribution in [3.63, 3.8) is 0 Å². The fraction of sp³-hybridized carbons (Fsp3) is 0.500. The molecule has 0 spiro atoms. The fourth-order valence-corrected chi connectivity index (χ4v) is 1.46. The first kappa shape index (κ1) is 11.7. The Hall–Kier alpha value is -1.73. The maximum Gasteiger partial charge on any atom is 0.227 e. The molecule has 0 bridgehead atoms. The summed E-state index contributed by atoms with van der Waals surface area (Å²) in [7, 11) is 0. The van der Waals surface area contributed by atoms with E-state index in [-0.39, 0.29) is 0 Å². The van der Waals surface area contributed by atoms with Crippen LogP contribution in [0.1, 0.15) is 5.89 Å². The Morgan fingerprint density at radius 3 is 3.18 bits per heavy atom. The number of nitrogens with one attached hydrogen (secondary N) is 1. The number of aliphatic hydroxyl groups excluding tert-OH is 1. The summed E-state index contributed by atoms with van der Waals surface area (Å²) < 4.78 is 6.55. The first-order valence-corrected chi connectivity index (χ1v) is 5.46. The van der Waals surface area contributed by atoms with Crippen molar-refractivity contribution < 1.29 is 9.63 Å². The zero-order valence-corrected chi connectivity index (χ0v) is 9.36. The third-order valence-corrected chi connectivity index (χ3v) is 2.26. The number of hydrogen-bond acceptors (Lipinski definition) is 6. The van der Waals surface area contributed by atoms with Crippen LogP contribution in [-0.4, -0.2) is 44.2 Å². The van der Waals surface area contributed by atoms with Gasteiger partial charge in [0.1, 0.15) is 0 Å². The molecule has 7 nitrogen and oxygen atoms in total. The second-order valence-corrected chi connectivity index (χ2v) is 3.67. The minimum Gasteiger partial charge on any atom is -0.390 e. The molecule has 0 radical (unpaired) electrons. The Bertz CT molecular complexity index is 400. The quantitative estimate of drug-likeness (QED) is 0.629. The molecule has 2 rings (SSSR count). The molecule has 0 fully saturated rings. The van der Waals surface area contributed by atoms with Crippen LogP contribution in [0, 0.1) is 0 Å². The van der Waals surface area contributed by atoms with Gasteiger partial charge in [-0.1, -0.05) is 5.16 Å². The van der Waals surface area contributed by atoms with E-state index < -0.39 is 6.10 Å². The van der Waals surface area contributed by atoms with Gasteiger partial charge in [0, 0.05) is 31.9 Å². The van der Waals surface area contributed by atoms with E-state index in [9.17, 15) is 5.11 Å². The Balaban J connectivity index is 1.58. The summed E-state index contributed by atoms with van der Waals surface area (Å²) in [5.41, 5.74) is 0. The zero-order chi connectivity index (χ0) is 11.9. The highest BCUT2D eigenvalue weighted by Crippen LogP contribution is 1.92. The maximum absolute atomic E-state index is 9.70. The van der Waals surface area contributed by atoms with E-state index in [0.717, 1.165) is 0 Å². The minimum atomic E-state index is -0.461. The van der Waals surface area contributed by atoms with Gasteiger partial charge in [0.15, 0.2) is 6.33 Å². The summed E-state index contributed by atoms with van der Waals surface area (Å²) in [6.45, 7) is 1.69. The fourth-order valence-electron chi connectivity index (χ4n) is 1.46. The molecular formula is C10H15N5O2. The molecule has 2 N–H and O–H groups in total. The van der Waals surface area contributed by atoms with Crippen molar-refractivity contribution in [2.45, 2.75) is 19.1 Å². The van der Waals surface area contributed by atoms with Gasteiger partial charge in [-0.2, -0.15) is 10.1 Å². The minimum absolute atomic E-state index is 0.461. The second-order valence-electron chi connectivity index (χ2n) is 3.67. The van der Waals surface area contributed by atoms with E-state index in [1.807, 2.05) is 12.3 Å². The maximum atomic E-state index is 9.70.